The van der Waals surface area contributed by atoms with Crippen LogP contribution in [0.4, 0.5) is 10.1 Å². The topological polar surface area (TPSA) is 35.2 Å². The van der Waals surface area contributed by atoms with Crippen LogP contribution in [0.5, 0.6) is 5.75 Å². The lowest BCUT2D eigenvalue weighted by Gasteiger charge is -2.10. The molecule has 0 unspecified atom stereocenters. The average molecular weight is 331 g/mol. The molecule has 2 rings (SSSR count). The van der Waals surface area contributed by atoms with E-state index in [2.05, 4.69) is 15.9 Å². The van der Waals surface area contributed by atoms with Gasteiger partial charge in [0.1, 0.15) is 18.2 Å². The molecule has 0 saturated carbocycles. The summed E-state index contributed by atoms with van der Waals surface area (Å²) in [5, 5.41) is 0.530. The van der Waals surface area contributed by atoms with Gasteiger partial charge < -0.3 is 10.5 Å². The van der Waals surface area contributed by atoms with E-state index in [0.29, 0.717) is 20.9 Å². The normalized spacial score (nSPS) is 10.4. The molecule has 94 valence electrons. The first-order chi connectivity index (χ1) is 8.56. The van der Waals surface area contributed by atoms with Crippen LogP contribution in [0.15, 0.2) is 40.9 Å². The Morgan fingerprint density at radius 1 is 1.22 bits per heavy atom. The summed E-state index contributed by atoms with van der Waals surface area (Å²) in [6.07, 6.45) is 0. The minimum absolute atomic E-state index is 0.251. The molecule has 0 spiro atoms. The summed E-state index contributed by atoms with van der Waals surface area (Å²) in [6, 6.07) is 9.44. The second kappa shape index (κ2) is 5.59. The van der Waals surface area contributed by atoms with Crippen LogP contribution in [0.25, 0.3) is 0 Å². The zero-order valence-electron chi connectivity index (χ0n) is 9.29. The monoisotopic (exact) mass is 329 g/mol. The van der Waals surface area contributed by atoms with Gasteiger partial charge in [0.25, 0.3) is 0 Å². The maximum absolute atomic E-state index is 13.1. The Labute approximate surface area is 118 Å². The fourth-order valence-electron chi connectivity index (χ4n) is 1.42. The van der Waals surface area contributed by atoms with Crippen molar-refractivity contribution in [2.24, 2.45) is 0 Å². The third kappa shape index (κ3) is 3.15. The van der Waals surface area contributed by atoms with Crippen molar-refractivity contribution < 1.29 is 9.13 Å². The fraction of sp³-hybridized carbons (Fsp3) is 0.0769. The van der Waals surface area contributed by atoms with Crippen molar-refractivity contribution in [3.63, 3.8) is 0 Å². The number of nitrogen functional groups attached to an aromatic ring is 1. The molecule has 2 nitrogen and oxygen atoms in total. The van der Waals surface area contributed by atoms with Crippen molar-refractivity contribution in [1.29, 1.82) is 0 Å². The summed E-state index contributed by atoms with van der Waals surface area (Å²) in [5.74, 6) is 0.0829. The largest absolute Gasteiger partial charge is 0.488 e. The van der Waals surface area contributed by atoms with E-state index in [9.17, 15) is 4.39 Å². The molecule has 2 aromatic carbocycles. The first-order valence-corrected chi connectivity index (χ1v) is 6.35. The summed E-state index contributed by atoms with van der Waals surface area (Å²) in [5.41, 5.74) is 6.98. The molecule has 0 bridgehead atoms. The minimum atomic E-state index is -0.350. The molecule has 2 aromatic rings. The van der Waals surface area contributed by atoms with Crippen LogP contribution in [0.1, 0.15) is 5.56 Å². The quantitative estimate of drug-likeness (QED) is 0.846. The van der Waals surface area contributed by atoms with Gasteiger partial charge in [0, 0.05) is 22.3 Å². The summed E-state index contributed by atoms with van der Waals surface area (Å²) in [4.78, 5) is 0. The van der Waals surface area contributed by atoms with Gasteiger partial charge in [-0.25, -0.2) is 4.39 Å². The van der Waals surface area contributed by atoms with Crippen molar-refractivity contribution in [3.8, 4) is 5.75 Å². The molecule has 0 atom stereocenters. The van der Waals surface area contributed by atoms with E-state index in [-0.39, 0.29) is 12.4 Å². The van der Waals surface area contributed by atoms with Crippen molar-refractivity contribution in [2.75, 3.05) is 5.73 Å². The molecular formula is C13H10BrClFNO. The third-order valence-corrected chi connectivity index (χ3v) is 3.36. The predicted molar refractivity (Wildman–Crippen MR) is 74.3 cm³/mol. The fourth-order valence-corrected chi connectivity index (χ4v) is 2.03. The number of nitrogens with two attached hydrogens (primary N) is 1. The number of anilines is 1. The highest BCUT2D eigenvalue weighted by Gasteiger charge is 2.06. The Balaban J connectivity index is 2.13. The van der Waals surface area contributed by atoms with E-state index in [4.69, 9.17) is 22.1 Å². The van der Waals surface area contributed by atoms with Gasteiger partial charge in [0.15, 0.2) is 0 Å². The molecule has 0 aliphatic carbocycles. The molecule has 0 aromatic heterocycles. The summed E-state index contributed by atoms with van der Waals surface area (Å²) < 4.78 is 19.3. The maximum Gasteiger partial charge on any atom is 0.136 e. The van der Waals surface area contributed by atoms with Crippen LogP contribution in [0, 0.1) is 5.82 Å². The Kier molecular flexibility index (Phi) is 4.09. The Morgan fingerprint density at radius 2 is 2.00 bits per heavy atom. The molecule has 0 fully saturated rings. The standard InChI is InChI=1S/C13H10BrClFNO/c14-11-4-2-9(16)5-13(11)18-7-8-1-3-10(17)6-12(8)15/h1-6H,7,17H2. The number of ether oxygens (including phenoxy) is 1. The van der Waals surface area contributed by atoms with E-state index in [0.717, 1.165) is 5.56 Å². The summed E-state index contributed by atoms with van der Waals surface area (Å²) >= 11 is 9.31. The lowest BCUT2D eigenvalue weighted by molar-refractivity contribution is 0.302. The highest BCUT2D eigenvalue weighted by atomic mass is 79.9. The molecule has 0 radical (unpaired) electrons. The van der Waals surface area contributed by atoms with E-state index < -0.39 is 0 Å². The van der Waals surface area contributed by atoms with Crippen LogP contribution < -0.4 is 10.5 Å². The second-order valence-electron chi connectivity index (χ2n) is 3.71. The van der Waals surface area contributed by atoms with Gasteiger partial charge in [0.05, 0.1) is 4.47 Å². The Morgan fingerprint density at radius 3 is 2.72 bits per heavy atom. The molecule has 2 N–H and O–H groups in total. The Hall–Kier alpha value is -1.26. The highest BCUT2D eigenvalue weighted by Crippen LogP contribution is 2.27. The van der Waals surface area contributed by atoms with Crippen LogP contribution in [-0.4, -0.2) is 0 Å². The average Bonchev–Trinajstić information content (AvgIpc) is 2.32. The van der Waals surface area contributed by atoms with Crippen molar-refractivity contribution >= 4 is 33.2 Å². The molecule has 5 heteroatoms. The summed E-state index contributed by atoms with van der Waals surface area (Å²) in [7, 11) is 0. The molecule has 0 aliphatic heterocycles. The van der Waals surface area contributed by atoms with Crippen molar-refractivity contribution in [1.82, 2.24) is 0 Å². The molecule has 18 heavy (non-hydrogen) atoms. The van der Waals surface area contributed by atoms with Gasteiger partial charge >= 0.3 is 0 Å². The minimum Gasteiger partial charge on any atom is -0.488 e. The molecule has 0 heterocycles. The zero-order valence-corrected chi connectivity index (χ0v) is 11.6. The number of hydrogen-bond acceptors (Lipinski definition) is 2. The van der Waals surface area contributed by atoms with Crippen molar-refractivity contribution in [2.45, 2.75) is 6.61 Å². The van der Waals surface area contributed by atoms with Crippen LogP contribution >= 0.6 is 27.5 Å². The van der Waals surface area contributed by atoms with Gasteiger partial charge in [-0.3, -0.25) is 0 Å². The SMILES string of the molecule is Nc1ccc(COc2cc(F)ccc2Br)c(Cl)c1. The molecule has 0 amide bonds. The van der Waals surface area contributed by atoms with Gasteiger partial charge in [-0.2, -0.15) is 0 Å². The van der Waals surface area contributed by atoms with Gasteiger partial charge in [-0.1, -0.05) is 17.7 Å². The van der Waals surface area contributed by atoms with E-state index in [1.807, 2.05) is 0 Å². The van der Waals surface area contributed by atoms with Crippen LogP contribution in [0.3, 0.4) is 0 Å². The molecule has 0 saturated heterocycles. The first-order valence-electron chi connectivity index (χ1n) is 5.18. The van der Waals surface area contributed by atoms with Gasteiger partial charge in [0.2, 0.25) is 0 Å². The van der Waals surface area contributed by atoms with Gasteiger partial charge in [-0.05, 0) is 40.2 Å². The Bertz CT molecular complexity index is 577. The zero-order chi connectivity index (χ0) is 13.1. The van der Waals surface area contributed by atoms with E-state index >= 15 is 0 Å². The number of halogens is 3. The third-order valence-electron chi connectivity index (χ3n) is 2.35. The number of rotatable bonds is 3. The van der Waals surface area contributed by atoms with Crippen LogP contribution in [-0.2, 0) is 6.61 Å². The summed E-state index contributed by atoms with van der Waals surface area (Å²) in [6.45, 7) is 0.251. The highest BCUT2D eigenvalue weighted by molar-refractivity contribution is 9.10. The second-order valence-corrected chi connectivity index (χ2v) is 4.98. The first kappa shape index (κ1) is 13.2. The van der Waals surface area contributed by atoms with Crippen molar-refractivity contribution in [3.05, 3.63) is 57.3 Å². The van der Waals surface area contributed by atoms with E-state index in [1.54, 1.807) is 24.3 Å². The number of hydrogen-bond donors (Lipinski definition) is 1. The predicted octanol–water partition coefficient (Wildman–Crippen LogP) is 4.40. The number of benzene rings is 2. The lowest BCUT2D eigenvalue weighted by Crippen LogP contribution is -1.98. The molecule has 0 aliphatic rings. The van der Waals surface area contributed by atoms with Gasteiger partial charge in [-0.15, -0.1) is 0 Å². The van der Waals surface area contributed by atoms with Crippen LogP contribution in [0.2, 0.25) is 5.02 Å². The molecular weight excluding hydrogens is 321 g/mol. The van der Waals surface area contributed by atoms with E-state index in [1.165, 1.54) is 12.1 Å². The maximum atomic E-state index is 13.1. The smallest absolute Gasteiger partial charge is 0.136 e. The lowest BCUT2D eigenvalue weighted by atomic mass is 10.2.